The molecule has 0 unspecified atom stereocenters. The van der Waals surface area contributed by atoms with Crippen molar-refractivity contribution in [2.75, 3.05) is 13.2 Å². The lowest BCUT2D eigenvalue weighted by Gasteiger charge is -2.34. The van der Waals surface area contributed by atoms with Crippen LogP contribution in [0.3, 0.4) is 0 Å². The van der Waals surface area contributed by atoms with E-state index in [1.165, 1.54) is 13.0 Å². The van der Waals surface area contributed by atoms with Crippen LogP contribution >= 0.6 is 11.6 Å². The van der Waals surface area contributed by atoms with Crippen molar-refractivity contribution in [2.24, 2.45) is 11.3 Å². The molecule has 3 aliphatic carbocycles. The van der Waals surface area contributed by atoms with E-state index in [0.29, 0.717) is 30.2 Å². The van der Waals surface area contributed by atoms with Crippen LogP contribution in [0.1, 0.15) is 72.6 Å². The minimum Gasteiger partial charge on any atom is -0.488 e. The summed E-state index contributed by atoms with van der Waals surface area (Å²) in [7, 11) is -4.58. The predicted molar refractivity (Wildman–Crippen MR) is 193 cm³/mol. The molecule has 0 spiro atoms. The molecule has 1 saturated heterocycles. The van der Waals surface area contributed by atoms with Crippen LogP contribution in [-0.2, 0) is 33.6 Å². The van der Waals surface area contributed by atoms with Gasteiger partial charge in [-0.25, -0.2) is 18.7 Å². The summed E-state index contributed by atoms with van der Waals surface area (Å²) in [6.45, 7) is 9.54. The maximum atomic E-state index is 14.6. The van der Waals surface area contributed by atoms with Gasteiger partial charge < -0.3 is 29.7 Å². The number of amides is 4. The third-order valence-corrected chi connectivity index (χ3v) is 12.0. The number of hydrogen-bond donors (Lipinski definition) is 3. The average Bonchev–Trinajstić information content (AvgIpc) is 4.05. The highest BCUT2D eigenvalue weighted by Crippen LogP contribution is 2.60. The van der Waals surface area contributed by atoms with Gasteiger partial charge in [-0.15, -0.1) is 0 Å². The van der Waals surface area contributed by atoms with E-state index >= 15 is 0 Å². The minimum absolute atomic E-state index is 0.0343. The van der Waals surface area contributed by atoms with Gasteiger partial charge in [-0.05, 0) is 70.9 Å². The van der Waals surface area contributed by atoms with Gasteiger partial charge >= 0.3 is 22.6 Å². The summed E-state index contributed by atoms with van der Waals surface area (Å²) in [5, 5.41) is 5.39. The second kappa shape index (κ2) is 14.9. The fourth-order valence-corrected chi connectivity index (χ4v) is 8.54. The molecule has 1 aromatic heterocycles. The van der Waals surface area contributed by atoms with Crippen molar-refractivity contribution in [3.05, 3.63) is 41.6 Å². The number of fused-ring (bicyclic) bond motifs is 1. The number of aromatic nitrogens is 1. The summed E-state index contributed by atoms with van der Waals surface area (Å²) in [5.74, 6) is -3.61. The van der Waals surface area contributed by atoms with Crippen molar-refractivity contribution in [2.45, 2.75) is 108 Å². The quantitative estimate of drug-likeness (QED) is 0.209. The number of pyridine rings is 1. The van der Waals surface area contributed by atoms with Crippen LogP contribution in [0, 0.1) is 11.3 Å². The Morgan fingerprint density at radius 3 is 2.41 bits per heavy atom. The number of halogens is 4. The smallest absolute Gasteiger partial charge is 0.412 e. The van der Waals surface area contributed by atoms with Crippen LogP contribution in [0.25, 0.3) is 10.9 Å². The number of likely N-dealkylation sites (tertiary alicyclic amines) is 1. The zero-order chi connectivity index (χ0) is 41.0. The Morgan fingerprint density at radius 1 is 1.14 bits per heavy atom. The van der Waals surface area contributed by atoms with Gasteiger partial charge in [0.1, 0.15) is 29.5 Å². The van der Waals surface area contributed by atoms with E-state index in [4.69, 9.17) is 30.0 Å². The number of alkyl carbamates (subject to hydrolysis) is 1. The molecule has 4 amide bonds. The third-order valence-electron chi connectivity index (χ3n) is 10.7. The van der Waals surface area contributed by atoms with Crippen LogP contribution in [0.5, 0.6) is 11.6 Å². The zero-order valence-electron chi connectivity index (χ0n) is 31.1. The van der Waals surface area contributed by atoms with Crippen molar-refractivity contribution in [3.63, 3.8) is 0 Å². The average molecular weight is 830 g/mol. The molecule has 1 aliphatic heterocycles. The van der Waals surface area contributed by atoms with Gasteiger partial charge in [-0.2, -0.15) is 21.6 Å². The molecule has 5 atom stereocenters. The van der Waals surface area contributed by atoms with Crippen molar-refractivity contribution in [1.29, 1.82) is 0 Å². The van der Waals surface area contributed by atoms with Crippen LogP contribution in [0.2, 0.25) is 5.02 Å². The molecule has 4 fully saturated rings. The Hall–Kier alpha value is -4.36. The minimum atomic E-state index is -4.95. The molecule has 2 heterocycles. The van der Waals surface area contributed by atoms with Crippen LogP contribution < -0.4 is 24.8 Å². The highest BCUT2D eigenvalue weighted by atomic mass is 35.5. The third kappa shape index (κ3) is 8.34. The van der Waals surface area contributed by atoms with Crippen LogP contribution in [0.15, 0.2) is 36.6 Å². The van der Waals surface area contributed by atoms with E-state index in [1.54, 1.807) is 39.0 Å². The number of carbonyl (C=O) groups is 4. The number of carbonyl (C=O) groups excluding carboxylic acids is 4. The van der Waals surface area contributed by atoms with Gasteiger partial charge in [0.2, 0.25) is 17.7 Å². The summed E-state index contributed by atoms with van der Waals surface area (Å²) < 4.78 is 93.3. The summed E-state index contributed by atoms with van der Waals surface area (Å²) in [5.41, 5.74) is -5.04. The van der Waals surface area contributed by atoms with Crippen molar-refractivity contribution >= 4 is 56.6 Å². The zero-order valence-corrected chi connectivity index (χ0v) is 32.7. The highest BCUT2D eigenvalue weighted by molar-refractivity contribution is 7.85. The molecular formula is C36H43ClF3N5O10S. The lowest BCUT2D eigenvalue weighted by molar-refractivity contribution is -0.199. The first-order chi connectivity index (χ1) is 26.2. The van der Waals surface area contributed by atoms with E-state index in [2.05, 4.69) is 22.2 Å². The molecule has 6 rings (SSSR count). The number of rotatable bonds is 15. The molecule has 4 aliphatic rings. The number of allylic oxidation sites excluding steroid dienone is 1. The van der Waals surface area contributed by atoms with Crippen molar-refractivity contribution in [1.82, 2.24) is 25.2 Å². The van der Waals surface area contributed by atoms with Crippen molar-refractivity contribution in [3.8, 4) is 11.6 Å². The molecule has 3 saturated carbocycles. The Kier molecular flexibility index (Phi) is 11.0. The summed E-state index contributed by atoms with van der Waals surface area (Å²) in [6.07, 6.45) is -7.33. The van der Waals surface area contributed by atoms with E-state index in [9.17, 15) is 40.8 Å². The van der Waals surface area contributed by atoms with Gasteiger partial charge in [-0.1, -0.05) is 37.6 Å². The molecule has 306 valence electrons. The SMILES string of the molecule is C=C(C)OC(=O)N[C@H](C(=O)N1C[C@H](Oc2cc(OCC)nc3c(Cl)cccc23)C[C@H]1C(=O)N[C@]1(C(=O)NS(=O)(=O)OC2(C)CC2)C[C@H]1CC)C1(C(F)(F)F)CC1. The Balaban J connectivity index is 1.34. The van der Waals surface area contributed by atoms with Gasteiger partial charge in [-0.3, -0.25) is 14.4 Å². The fourth-order valence-electron chi connectivity index (χ4n) is 7.18. The van der Waals surface area contributed by atoms with Gasteiger partial charge in [0.15, 0.2) is 0 Å². The molecular weight excluding hydrogens is 787 g/mol. The first-order valence-electron chi connectivity index (χ1n) is 18.2. The molecule has 20 heteroatoms. The number of hydrogen-bond acceptors (Lipinski definition) is 11. The number of benzene rings is 1. The summed E-state index contributed by atoms with van der Waals surface area (Å²) in [6, 6.07) is 2.61. The Labute approximate surface area is 326 Å². The van der Waals surface area contributed by atoms with Gasteiger partial charge in [0, 0.05) is 17.9 Å². The van der Waals surface area contributed by atoms with Crippen LogP contribution in [-0.4, -0.2) is 90.8 Å². The maximum Gasteiger partial charge on any atom is 0.412 e. The molecule has 1 aromatic carbocycles. The van der Waals surface area contributed by atoms with Crippen LogP contribution in [0.4, 0.5) is 18.0 Å². The van der Waals surface area contributed by atoms with E-state index < -0.39 is 100 Å². The first-order valence-corrected chi connectivity index (χ1v) is 19.9. The number of nitrogens with one attached hydrogen (secondary N) is 3. The Bertz CT molecular complexity index is 2060. The van der Waals surface area contributed by atoms with E-state index in [0.717, 1.165) is 4.90 Å². The molecule has 2 aromatic rings. The molecule has 15 nitrogen and oxygen atoms in total. The van der Waals surface area contributed by atoms with Crippen molar-refractivity contribution < 1.29 is 59.2 Å². The maximum absolute atomic E-state index is 14.6. The van der Waals surface area contributed by atoms with Gasteiger partial charge in [0.05, 0.1) is 40.5 Å². The highest BCUT2D eigenvalue weighted by Gasteiger charge is 2.71. The number of para-hydroxylation sites is 1. The lowest BCUT2D eigenvalue weighted by Crippen LogP contribution is -2.61. The summed E-state index contributed by atoms with van der Waals surface area (Å²) in [4.78, 5) is 60.4. The fraction of sp³-hybridized carbons (Fsp3) is 0.583. The number of ether oxygens (including phenoxy) is 3. The summed E-state index contributed by atoms with van der Waals surface area (Å²) >= 11 is 6.43. The second-order valence-electron chi connectivity index (χ2n) is 15.0. The number of nitrogens with zero attached hydrogens (tertiary/aromatic N) is 2. The Morgan fingerprint density at radius 2 is 1.84 bits per heavy atom. The molecule has 0 radical (unpaired) electrons. The predicted octanol–water partition coefficient (Wildman–Crippen LogP) is 4.82. The normalized spacial score (nSPS) is 25.1. The monoisotopic (exact) mass is 829 g/mol. The topological polar surface area (TPSA) is 192 Å². The molecule has 56 heavy (non-hydrogen) atoms. The molecule has 3 N–H and O–H groups in total. The van der Waals surface area contributed by atoms with Gasteiger partial charge in [0.25, 0.3) is 5.91 Å². The largest absolute Gasteiger partial charge is 0.488 e. The standard InChI is InChI=1S/C36H43ClF3N5O10S/c1-6-20-17-35(20,31(48)44-56(50,51)55-33(5)11-12-33)43-29(46)24-15-21(54-25-16-26(52-7-2)41-27-22(25)9-8-10-23(27)37)18-45(24)30(47)28(42-32(49)53-19(3)4)34(13-14-34)36(38,39)40/h8-10,16,20-21,24,28H,3,6-7,11-15,17-18H2,1-2,4-5H3,(H,42,49)(H,43,46)(H,44,48)/t20-,21-,24+,28-,35-/m1/s1. The van der Waals surface area contributed by atoms with E-state index in [1.807, 2.05) is 4.72 Å². The molecule has 0 bridgehead atoms. The lowest BCUT2D eigenvalue weighted by atomic mass is 9.94. The first kappa shape index (κ1) is 41.3. The second-order valence-corrected chi connectivity index (χ2v) is 16.7. The van der Waals surface area contributed by atoms with E-state index in [-0.39, 0.29) is 41.9 Å². The number of alkyl halides is 3.